The second-order valence-corrected chi connectivity index (χ2v) is 6.32. The summed E-state index contributed by atoms with van der Waals surface area (Å²) < 4.78 is 0. The molecule has 0 aliphatic carbocycles. The van der Waals surface area contributed by atoms with Crippen molar-refractivity contribution in [2.75, 3.05) is 43.1 Å². The van der Waals surface area contributed by atoms with Crippen LogP contribution in [0.3, 0.4) is 0 Å². The summed E-state index contributed by atoms with van der Waals surface area (Å²) in [6, 6.07) is 4.66. The van der Waals surface area contributed by atoms with Gasteiger partial charge in [-0.2, -0.15) is 0 Å². The van der Waals surface area contributed by atoms with Crippen LogP contribution in [0, 0.1) is 0 Å². The van der Waals surface area contributed by atoms with Crippen molar-refractivity contribution in [3.05, 3.63) is 17.7 Å². The number of hydrogen-bond donors (Lipinski definition) is 2. The van der Waals surface area contributed by atoms with E-state index in [0.717, 1.165) is 36.6 Å². The van der Waals surface area contributed by atoms with Gasteiger partial charge in [0.15, 0.2) is 0 Å². The van der Waals surface area contributed by atoms with Crippen molar-refractivity contribution in [3.8, 4) is 0 Å². The lowest BCUT2D eigenvalue weighted by molar-refractivity contribution is -0.116. The normalized spacial score (nSPS) is 22.1. The van der Waals surface area contributed by atoms with Gasteiger partial charge in [0.25, 0.3) is 0 Å². The number of piperidine rings is 1. The van der Waals surface area contributed by atoms with Gasteiger partial charge in [0.1, 0.15) is 0 Å². The molecule has 1 aromatic carbocycles. The van der Waals surface area contributed by atoms with Gasteiger partial charge >= 0.3 is 0 Å². The molecule has 1 unspecified atom stereocenters. The van der Waals surface area contributed by atoms with Gasteiger partial charge in [-0.05, 0) is 51.1 Å². The number of nitrogen functional groups attached to an aromatic ring is 1. The smallest absolute Gasteiger partial charge is 0.224 e. The molecule has 1 amide bonds. The molecule has 21 heavy (non-hydrogen) atoms. The second-order valence-electron chi connectivity index (χ2n) is 6.32. The second kappa shape index (κ2) is 5.56. The SMILES string of the molecule is CN(C)C1CCCN(c2cc3c(cc2N)NC(=O)CC3)C1. The van der Waals surface area contributed by atoms with Gasteiger partial charge in [-0.15, -0.1) is 0 Å². The largest absolute Gasteiger partial charge is 0.397 e. The predicted octanol–water partition coefficient (Wildman–Crippen LogP) is 1.68. The average Bonchev–Trinajstić information content (AvgIpc) is 2.46. The van der Waals surface area contributed by atoms with Crippen LogP contribution in [0.15, 0.2) is 12.1 Å². The average molecular weight is 288 g/mol. The van der Waals surface area contributed by atoms with Crippen molar-refractivity contribution in [2.45, 2.75) is 31.7 Å². The molecule has 2 heterocycles. The number of nitrogens with zero attached hydrogens (tertiary/aromatic N) is 2. The van der Waals surface area contributed by atoms with Crippen LogP contribution in [-0.2, 0) is 11.2 Å². The molecule has 0 radical (unpaired) electrons. The minimum Gasteiger partial charge on any atom is -0.397 e. The van der Waals surface area contributed by atoms with Crippen LogP contribution in [0.5, 0.6) is 0 Å². The number of benzene rings is 1. The summed E-state index contributed by atoms with van der Waals surface area (Å²) in [6.45, 7) is 2.07. The van der Waals surface area contributed by atoms with E-state index in [2.05, 4.69) is 35.3 Å². The maximum Gasteiger partial charge on any atom is 0.224 e. The Morgan fingerprint density at radius 2 is 2.14 bits per heavy atom. The van der Waals surface area contributed by atoms with E-state index in [1.165, 1.54) is 18.4 Å². The first-order chi connectivity index (χ1) is 10.0. The number of amides is 1. The molecule has 2 aliphatic rings. The van der Waals surface area contributed by atoms with Crippen LogP contribution in [0.4, 0.5) is 17.1 Å². The Bertz CT molecular complexity index is 555. The Balaban J connectivity index is 1.87. The molecule has 0 aromatic heterocycles. The summed E-state index contributed by atoms with van der Waals surface area (Å²) in [5, 5.41) is 2.91. The first kappa shape index (κ1) is 14.2. The molecule has 0 spiro atoms. The van der Waals surface area contributed by atoms with Crippen molar-refractivity contribution < 1.29 is 4.79 Å². The lowest BCUT2D eigenvalue weighted by atomic mass is 9.99. The highest BCUT2D eigenvalue weighted by Gasteiger charge is 2.24. The van der Waals surface area contributed by atoms with Gasteiger partial charge < -0.3 is 20.9 Å². The fourth-order valence-corrected chi connectivity index (χ4v) is 3.30. The van der Waals surface area contributed by atoms with Gasteiger partial charge in [0.2, 0.25) is 5.91 Å². The molecule has 0 bridgehead atoms. The molecule has 1 atom stereocenters. The molecule has 114 valence electrons. The molecular formula is C16H24N4O. The van der Waals surface area contributed by atoms with Gasteiger partial charge in [0, 0.05) is 31.2 Å². The molecule has 1 aromatic rings. The van der Waals surface area contributed by atoms with E-state index in [-0.39, 0.29) is 5.91 Å². The van der Waals surface area contributed by atoms with Crippen LogP contribution in [-0.4, -0.2) is 44.0 Å². The number of carbonyl (C=O) groups excluding carboxylic acids is 1. The van der Waals surface area contributed by atoms with E-state index in [0.29, 0.717) is 12.5 Å². The minimum absolute atomic E-state index is 0.0836. The van der Waals surface area contributed by atoms with E-state index in [1.807, 2.05) is 6.07 Å². The number of nitrogens with two attached hydrogens (primary N) is 1. The third kappa shape index (κ3) is 2.83. The first-order valence-corrected chi connectivity index (χ1v) is 7.68. The molecule has 5 nitrogen and oxygen atoms in total. The van der Waals surface area contributed by atoms with Crippen LogP contribution in [0.1, 0.15) is 24.8 Å². The highest BCUT2D eigenvalue weighted by Crippen LogP contribution is 2.34. The highest BCUT2D eigenvalue weighted by molar-refractivity contribution is 5.95. The number of carbonyl (C=O) groups is 1. The monoisotopic (exact) mass is 288 g/mol. The zero-order valence-corrected chi connectivity index (χ0v) is 12.9. The maximum atomic E-state index is 11.5. The van der Waals surface area contributed by atoms with Crippen molar-refractivity contribution in [2.24, 2.45) is 0 Å². The summed E-state index contributed by atoms with van der Waals surface area (Å²) in [5.74, 6) is 0.0836. The number of aryl methyl sites for hydroxylation is 1. The quantitative estimate of drug-likeness (QED) is 0.813. The van der Waals surface area contributed by atoms with Gasteiger partial charge in [-0.25, -0.2) is 0 Å². The molecule has 3 N–H and O–H groups in total. The van der Waals surface area contributed by atoms with Crippen LogP contribution >= 0.6 is 0 Å². The highest BCUT2D eigenvalue weighted by atomic mass is 16.1. The van der Waals surface area contributed by atoms with Crippen molar-refractivity contribution in [3.63, 3.8) is 0 Å². The van der Waals surface area contributed by atoms with Gasteiger partial charge in [-0.1, -0.05) is 0 Å². The number of nitrogens with one attached hydrogen (secondary N) is 1. The van der Waals surface area contributed by atoms with Crippen molar-refractivity contribution in [1.29, 1.82) is 0 Å². The number of fused-ring (bicyclic) bond motifs is 1. The fraction of sp³-hybridized carbons (Fsp3) is 0.562. The summed E-state index contributed by atoms with van der Waals surface area (Å²) in [7, 11) is 4.28. The summed E-state index contributed by atoms with van der Waals surface area (Å²) in [4.78, 5) is 16.2. The Kier molecular flexibility index (Phi) is 3.76. The van der Waals surface area contributed by atoms with Crippen LogP contribution in [0.2, 0.25) is 0 Å². The third-order valence-corrected chi connectivity index (χ3v) is 4.62. The maximum absolute atomic E-state index is 11.5. The predicted molar refractivity (Wildman–Crippen MR) is 86.7 cm³/mol. The molecule has 2 aliphatic heterocycles. The Morgan fingerprint density at radius 3 is 2.90 bits per heavy atom. The molecule has 0 saturated carbocycles. The lowest BCUT2D eigenvalue weighted by Crippen LogP contribution is -2.45. The summed E-state index contributed by atoms with van der Waals surface area (Å²) in [5.41, 5.74) is 10.2. The molecular weight excluding hydrogens is 264 g/mol. The number of likely N-dealkylation sites (N-methyl/N-ethyl adjacent to an activating group) is 1. The molecule has 3 rings (SSSR count). The zero-order chi connectivity index (χ0) is 15.0. The van der Waals surface area contributed by atoms with E-state index < -0.39 is 0 Å². The Morgan fingerprint density at radius 1 is 1.33 bits per heavy atom. The number of anilines is 3. The topological polar surface area (TPSA) is 61.6 Å². The van der Waals surface area contributed by atoms with Crippen molar-refractivity contribution in [1.82, 2.24) is 4.90 Å². The van der Waals surface area contributed by atoms with E-state index in [1.54, 1.807) is 0 Å². The van der Waals surface area contributed by atoms with Gasteiger partial charge in [0.05, 0.1) is 11.4 Å². The zero-order valence-electron chi connectivity index (χ0n) is 12.9. The number of hydrogen-bond acceptors (Lipinski definition) is 4. The summed E-state index contributed by atoms with van der Waals surface area (Å²) in [6.07, 6.45) is 3.80. The Hall–Kier alpha value is -1.75. The van der Waals surface area contributed by atoms with E-state index in [9.17, 15) is 4.79 Å². The molecule has 5 heteroatoms. The minimum atomic E-state index is 0.0836. The Labute approximate surface area is 126 Å². The van der Waals surface area contributed by atoms with Crippen molar-refractivity contribution >= 4 is 23.0 Å². The number of rotatable bonds is 2. The lowest BCUT2D eigenvalue weighted by Gasteiger charge is -2.38. The fourth-order valence-electron chi connectivity index (χ4n) is 3.30. The molecule has 1 fully saturated rings. The third-order valence-electron chi connectivity index (χ3n) is 4.62. The van der Waals surface area contributed by atoms with Crippen LogP contribution in [0.25, 0.3) is 0 Å². The van der Waals surface area contributed by atoms with E-state index >= 15 is 0 Å². The standard InChI is InChI=1S/C16H24N4O/c1-19(2)12-4-3-7-20(10-12)15-8-11-5-6-16(21)18-14(11)9-13(15)17/h8-9,12H,3-7,10,17H2,1-2H3,(H,18,21). The molecule has 1 saturated heterocycles. The van der Waals surface area contributed by atoms with Gasteiger partial charge in [-0.3, -0.25) is 4.79 Å². The first-order valence-electron chi connectivity index (χ1n) is 7.68. The van der Waals surface area contributed by atoms with Crippen LogP contribution < -0.4 is 16.0 Å². The van der Waals surface area contributed by atoms with E-state index in [4.69, 9.17) is 5.73 Å². The summed E-state index contributed by atoms with van der Waals surface area (Å²) >= 11 is 0.